The molecule has 10 nitrogen and oxygen atoms in total. The Balaban J connectivity index is 1.48. The van der Waals surface area contributed by atoms with Gasteiger partial charge in [0, 0.05) is 12.7 Å². The molecular formula is C20H22ClN7O3. The van der Waals surface area contributed by atoms with Gasteiger partial charge in [-0.2, -0.15) is 10.2 Å². The number of ether oxygens (including phenoxy) is 2. The van der Waals surface area contributed by atoms with Crippen LogP contribution in [0.3, 0.4) is 0 Å². The van der Waals surface area contributed by atoms with Crippen LogP contribution >= 0.6 is 11.6 Å². The van der Waals surface area contributed by atoms with Crippen molar-refractivity contribution in [1.29, 1.82) is 0 Å². The van der Waals surface area contributed by atoms with E-state index in [4.69, 9.17) is 21.1 Å². The van der Waals surface area contributed by atoms with Crippen LogP contribution in [-0.2, 0) is 4.74 Å². The SMILES string of the molecule is COC(C)c1c(NC(=O)Nc2cnc(-n3nccn3)c(Cl)c2)cncc1OCC1CC1. The molecule has 2 amide bonds. The molecule has 0 radical (unpaired) electrons. The second kappa shape index (κ2) is 9.27. The van der Waals surface area contributed by atoms with E-state index in [1.807, 2.05) is 6.92 Å². The van der Waals surface area contributed by atoms with Gasteiger partial charge in [0.25, 0.3) is 0 Å². The van der Waals surface area contributed by atoms with Gasteiger partial charge in [-0.3, -0.25) is 4.98 Å². The summed E-state index contributed by atoms with van der Waals surface area (Å²) in [5.74, 6) is 1.54. The van der Waals surface area contributed by atoms with Gasteiger partial charge >= 0.3 is 6.03 Å². The third-order valence-corrected chi connectivity index (χ3v) is 5.10. The van der Waals surface area contributed by atoms with Crippen LogP contribution in [0.25, 0.3) is 5.82 Å². The maximum atomic E-state index is 12.6. The van der Waals surface area contributed by atoms with Crippen molar-refractivity contribution in [3.8, 4) is 11.6 Å². The summed E-state index contributed by atoms with van der Waals surface area (Å²) in [5.41, 5.74) is 1.63. The molecule has 0 bridgehead atoms. The van der Waals surface area contributed by atoms with Crippen molar-refractivity contribution in [2.24, 2.45) is 5.92 Å². The summed E-state index contributed by atoms with van der Waals surface area (Å²) in [4.78, 5) is 22.3. The number of methoxy groups -OCH3 is 1. The van der Waals surface area contributed by atoms with Crippen molar-refractivity contribution >= 4 is 29.0 Å². The summed E-state index contributed by atoms with van der Waals surface area (Å²) in [7, 11) is 1.60. The predicted molar refractivity (Wildman–Crippen MR) is 115 cm³/mol. The van der Waals surface area contributed by atoms with E-state index in [2.05, 4.69) is 30.8 Å². The lowest BCUT2D eigenvalue weighted by Gasteiger charge is -2.20. The van der Waals surface area contributed by atoms with Gasteiger partial charge in [0.15, 0.2) is 5.82 Å². The number of carbonyl (C=O) groups is 1. The fraction of sp³-hybridized carbons (Fsp3) is 0.350. The van der Waals surface area contributed by atoms with Gasteiger partial charge in [-0.15, -0.1) is 4.80 Å². The minimum absolute atomic E-state index is 0.292. The number of carbonyl (C=O) groups excluding carboxylic acids is 1. The van der Waals surface area contributed by atoms with Crippen molar-refractivity contribution < 1.29 is 14.3 Å². The van der Waals surface area contributed by atoms with Crippen molar-refractivity contribution in [2.75, 3.05) is 24.4 Å². The number of halogens is 1. The van der Waals surface area contributed by atoms with E-state index < -0.39 is 6.03 Å². The minimum atomic E-state index is -0.478. The second-order valence-electron chi connectivity index (χ2n) is 7.16. The number of pyridine rings is 2. The molecule has 1 saturated carbocycles. The highest BCUT2D eigenvalue weighted by molar-refractivity contribution is 6.32. The molecule has 1 aliphatic rings. The number of rotatable bonds is 8. The highest BCUT2D eigenvalue weighted by Gasteiger charge is 2.24. The average molecular weight is 444 g/mol. The summed E-state index contributed by atoms with van der Waals surface area (Å²) >= 11 is 6.26. The fourth-order valence-corrected chi connectivity index (χ4v) is 3.19. The van der Waals surface area contributed by atoms with Gasteiger partial charge in [0.05, 0.1) is 60.1 Å². The Morgan fingerprint density at radius 1 is 1.26 bits per heavy atom. The molecule has 0 aliphatic heterocycles. The van der Waals surface area contributed by atoms with Gasteiger partial charge in [0.2, 0.25) is 0 Å². The van der Waals surface area contributed by atoms with Crippen LogP contribution in [0.5, 0.6) is 5.75 Å². The summed E-state index contributed by atoms with van der Waals surface area (Å²) in [5, 5.41) is 13.8. The molecular weight excluding hydrogens is 422 g/mol. The van der Waals surface area contributed by atoms with Crippen LogP contribution in [-0.4, -0.2) is 44.7 Å². The van der Waals surface area contributed by atoms with Crippen LogP contribution in [0.4, 0.5) is 16.2 Å². The first-order chi connectivity index (χ1) is 15.0. The topological polar surface area (TPSA) is 116 Å². The molecule has 2 N–H and O–H groups in total. The summed E-state index contributed by atoms with van der Waals surface area (Å²) in [6, 6.07) is 1.09. The zero-order chi connectivity index (χ0) is 21.8. The van der Waals surface area contributed by atoms with Gasteiger partial charge < -0.3 is 20.1 Å². The minimum Gasteiger partial charge on any atom is -0.491 e. The van der Waals surface area contributed by atoms with Gasteiger partial charge in [0.1, 0.15) is 5.75 Å². The molecule has 4 rings (SSSR count). The predicted octanol–water partition coefficient (Wildman–Crippen LogP) is 3.85. The third-order valence-electron chi connectivity index (χ3n) is 4.82. The zero-order valence-corrected chi connectivity index (χ0v) is 17.8. The number of urea groups is 1. The molecule has 3 aromatic heterocycles. The number of amides is 2. The lowest BCUT2D eigenvalue weighted by atomic mass is 10.1. The van der Waals surface area contributed by atoms with E-state index in [9.17, 15) is 4.79 Å². The van der Waals surface area contributed by atoms with Gasteiger partial charge in [-0.1, -0.05) is 11.6 Å². The van der Waals surface area contributed by atoms with Crippen molar-refractivity contribution in [2.45, 2.75) is 25.9 Å². The van der Waals surface area contributed by atoms with E-state index in [0.717, 1.165) is 5.56 Å². The number of hydrogen-bond donors (Lipinski definition) is 2. The van der Waals surface area contributed by atoms with E-state index in [-0.39, 0.29) is 6.10 Å². The third kappa shape index (κ3) is 5.09. The van der Waals surface area contributed by atoms with Crippen molar-refractivity contribution in [3.05, 3.63) is 47.6 Å². The Labute approximate surface area is 183 Å². The molecule has 31 heavy (non-hydrogen) atoms. The number of aromatic nitrogens is 5. The first-order valence-electron chi connectivity index (χ1n) is 9.79. The van der Waals surface area contributed by atoms with Crippen LogP contribution in [0.15, 0.2) is 37.1 Å². The molecule has 1 atom stereocenters. The Hall–Kier alpha value is -3.24. The molecule has 1 unspecified atom stereocenters. The van der Waals surface area contributed by atoms with Crippen molar-refractivity contribution in [1.82, 2.24) is 25.0 Å². The summed E-state index contributed by atoms with van der Waals surface area (Å²) in [6.07, 6.45) is 9.76. The monoisotopic (exact) mass is 443 g/mol. The van der Waals surface area contributed by atoms with E-state index in [1.165, 1.54) is 36.2 Å². The van der Waals surface area contributed by atoms with Gasteiger partial charge in [-0.05, 0) is 31.7 Å². The number of hydrogen-bond acceptors (Lipinski definition) is 7. The molecule has 3 aromatic rings. The van der Waals surface area contributed by atoms with Crippen LogP contribution < -0.4 is 15.4 Å². The largest absolute Gasteiger partial charge is 0.491 e. The Kier molecular flexibility index (Phi) is 6.28. The Morgan fingerprint density at radius 3 is 2.71 bits per heavy atom. The number of nitrogens with zero attached hydrogens (tertiary/aromatic N) is 5. The number of anilines is 2. The van der Waals surface area contributed by atoms with Crippen LogP contribution in [0, 0.1) is 5.92 Å². The highest BCUT2D eigenvalue weighted by atomic mass is 35.5. The van der Waals surface area contributed by atoms with Crippen molar-refractivity contribution in [3.63, 3.8) is 0 Å². The Bertz CT molecular complexity index is 1060. The summed E-state index contributed by atoms with van der Waals surface area (Å²) < 4.78 is 11.4. The molecule has 3 heterocycles. The zero-order valence-electron chi connectivity index (χ0n) is 17.1. The molecule has 0 aromatic carbocycles. The molecule has 11 heteroatoms. The maximum Gasteiger partial charge on any atom is 0.323 e. The van der Waals surface area contributed by atoms with E-state index >= 15 is 0 Å². The quantitative estimate of drug-likeness (QED) is 0.543. The lowest BCUT2D eigenvalue weighted by Crippen LogP contribution is -2.21. The standard InChI is InChI=1S/C20H22ClN7O3/c1-12(30-2)18-16(9-22-10-17(18)31-11-13-3-4-13)27-20(29)26-14-7-15(21)19(23-8-14)28-24-5-6-25-28/h5-10,12-13H,3-4,11H2,1-2H3,(H2,26,27,29). The molecule has 1 fully saturated rings. The highest BCUT2D eigenvalue weighted by Crippen LogP contribution is 2.35. The second-order valence-corrected chi connectivity index (χ2v) is 7.57. The fourth-order valence-electron chi connectivity index (χ4n) is 2.95. The summed E-state index contributed by atoms with van der Waals surface area (Å²) in [6.45, 7) is 2.51. The molecule has 0 saturated heterocycles. The molecule has 0 spiro atoms. The average Bonchev–Trinajstić information content (AvgIpc) is 3.43. The van der Waals surface area contributed by atoms with Crippen LogP contribution in [0.2, 0.25) is 5.02 Å². The van der Waals surface area contributed by atoms with E-state index in [0.29, 0.717) is 40.5 Å². The molecule has 162 valence electrons. The molecule has 1 aliphatic carbocycles. The first-order valence-corrected chi connectivity index (χ1v) is 10.2. The Morgan fingerprint density at radius 2 is 2.03 bits per heavy atom. The van der Waals surface area contributed by atoms with Gasteiger partial charge in [-0.25, -0.2) is 9.78 Å². The lowest BCUT2D eigenvalue weighted by molar-refractivity contribution is 0.116. The van der Waals surface area contributed by atoms with E-state index in [1.54, 1.807) is 25.6 Å². The normalized spacial score (nSPS) is 14.2. The van der Waals surface area contributed by atoms with Crippen LogP contribution in [0.1, 0.15) is 31.4 Å². The number of nitrogens with one attached hydrogen (secondary N) is 2. The smallest absolute Gasteiger partial charge is 0.323 e. The maximum absolute atomic E-state index is 12.6. The first kappa shape index (κ1) is 21.0.